The third-order valence-electron chi connectivity index (χ3n) is 25.0. The number of pyridine rings is 6. The second kappa shape index (κ2) is 32.2. The summed E-state index contributed by atoms with van der Waals surface area (Å²) in [6.45, 7) is 28.9. The molecule has 14 heterocycles. The summed E-state index contributed by atoms with van der Waals surface area (Å²) in [6.07, 6.45) is 18.3. The van der Waals surface area contributed by atoms with Crippen LogP contribution < -0.4 is 54.5 Å². The first kappa shape index (κ1) is 83.7. The number of nitrogens with zero attached hydrogens (tertiary/aromatic N) is 17. The van der Waals surface area contributed by atoms with Gasteiger partial charge in [0.1, 0.15) is 52.1 Å². The van der Waals surface area contributed by atoms with Gasteiger partial charge in [-0.15, -0.1) is 5.10 Å². The van der Waals surface area contributed by atoms with Gasteiger partial charge in [-0.1, -0.05) is 51.4 Å². The molecule has 24 rings (SSSR count). The van der Waals surface area contributed by atoms with Crippen molar-refractivity contribution in [3.05, 3.63) is 268 Å². The van der Waals surface area contributed by atoms with Crippen LogP contribution >= 0.6 is 0 Å². The number of anilines is 8. The topological polar surface area (TPSA) is 383 Å². The summed E-state index contributed by atoms with van der Waals surface area (Å²) in [5.41, 5.74) is 54.2. The molecule has 31 heteroatoms. The van der Waals surface area contributed by atoms with Crippen molar-refractivity contribution in [3.63, 3.8) is 0 Å². The van der Waals surface area contributed by atoms with Crippen LogP contribution in [0, 0.1) is 65.9 Å². The third kappa shape index (κ3) is 14.2. The minimum absolute atomic E-state index is 0. The van der Waals surface area contributed by atoms with E-state index < -0.39 is 11.6 Å². The number of fused-ring (bicyclic) bond motifs is 15. The van der Waals surface area contributed by atoms with Gasteiger partial charge in [-0.2, -0.15) is 4.68 Å². The molecular formula is C99H91F3N22O6. The van der Waals surface area contributed by atoms with Crippen molar-refractivity contribution >= 4 is 107 Å². The van der Waals surface area contributed by atoms with Crippen molar-refractivity contribution in [2.75, 3.05) is 49.9 Å². The molecule has 4 saturated carbocycles. The molecule has 4 aliphatic carbocycles. The fraction of sp³-hybridized carbons (Fsp3) is 0.222. The fourth-order valence-corrected chi connectivity index (χ4v) is 18.3. The number of tetrazole rings is 1. The van der Waals surface area contributed by atoms with Gasteiger partial charge in [0.2, 0.25) is 5.82 Å². The van der Waals surface area contributed by atoms with Gasteiger partial charge in [-0.05, 0) is 238 Å². The standard InChI is InChI=1S/2C20H18N4O2.C20H18N4O.C19H16F2N6.C19H17FN4O.CH4/c2*1-10-14(12-3-8-16(21)22-9-12)6-7-15-18(10)24(13-4-5-13)20(25)17-19(15)26-11(2)23-17;1-11-15(13-3-8-17(21)22-9-13)6-7-16-19(11)24(14-4-5-14)12(2)18-20(16)25-10-23-18;1-9-12(13-7-15(21)16(22)8-14(13)20)5-6-17-18(9)26(11-3-4-11)10(2)19-23-24-25-27(17)19;1-4-24-11(3)17-19(25-9-23-17)13-7-14(20)16(10(2)18(13)24)12-5-6-15(21)22-8-12;/h2*3,6-9,13H,4-5H2,1-2H3,(H2,21,22);3,6-10,14H,2,4-5H2,1H3,(H2,21,22);5-8,11H,2-4,22H2,1H3;5-9H,3-4H2,1-2H3,(H2,21,22);1H4. The molecule has 4 fully saturated rings. The zero-order valence-electron chi connectivity index (χ0n) is 71.8. The van der Waals surface area contributed by atoms with E-state index in [1.54, 1.807) is 67.5 Å². The van der Waals surface area contributed by atoms with Crippen LogP contribution in [0.3, 0.4) is 0 Å². The Morgan fingerprint density at radius 1 is 0.438 bits per heavy atom. The van der Waals surface area contributed by atoms with Gasteiger partial charge >= 0.3 is 0 Å². The maximum Gasteiger partial charge on any atom is 0.281 e. The van der Waals surface area contributed by atoms with Gasteiger partial charge in [0.15, 0.2) is 58.3 Å². The van der Waals surface area contributed by atoms with Crippen LogP contribution in [0.25, 0.3) is 145 Å². The van der Waals surface area contributed by atoms with E-state index >= 15 is 0 Å². The summed E-state index contributed by atoms with van der Waals surface area (Å²) >= 11 is 0. The number of benzene rings is 6. The number of rotatable bonds is 10. The molecule has 11 aromatic heterocycles. The summed E-state index contributed by atoms with van der Waals surface area (Å²) in [5, 5.41) is 13.8. The number of nitrogens with two attached hydrogens (primary N) is 5. The van der Waals surface area contributed by atoms with Crippen molar-refractivity contribution in [1.29, 1.82) is 0 Å². The zero-order chi connectivity index (χ0) is 89.7. The normalized spacial score (nSPS) is 14.5. The zero-order valence-corrected chi connectivity index (χ0v) is 71.8. The highest BCUT2D eigenvalue weighted by Gasteiger charge is 2.43. The highest BCUT2D eigenvalue weighted by atomic mass is 19.1. The van der Waals surface area contributed by atoms with Crippen LogP contribution in [0.15, 0.2) is 200 Å². The SMILES string of the molecule is C.C=C1c2ncoc2-c2cc(F)c(-c3ccc(N)nc3)c(C)c2N1CC.C=C1c2ncoc2-c2ccc(-c3ccc(N)nc3)c(C)c2N1C1CC1.C=C1c2nnnn2-c2ccc(-c3cc(F)c(N)cc3F)c(C)c2N1C1CC1.Cc1nc2c(=O)n(C3CC3)c3c(C)c(-c4ccc(N)nc4)ccc3c2o1.Cc1nc2c(=O)n(C3CC3)c3c(C)c(-c4ccc(N)nc4)ccc3c2o1. The largest absolute Gasteiger partial charge is 0.443 e. The first-order valence-electron chi connectivity index (χ1n) is 42.5. The molecule has 6 aromatic carbocycles. The number of hydrogen-bond donors (Lipinski definition) is 5. The van der Waals surface area contributed by atoms with Crippen LogP contribution in [-0.2, 0) is 0 Å². The van der Waals surface area contributed by atoms with Crippen molar-refractivity contribution in [3.8, 4) is 84.0 Å². The monoisotopic (exact) mass is 1740 g/mol. The molecule has 17 aromatic rings. The molecule has 130 heavy (non-hydrogen) atoms. The second-order valence-corrected chi connectivity index (χ2v) is 33.4. The molecule has 654 valence electrons. The number of nitrogen functional groups attached to an aromatic ring is 5. The predicted octanol–water partition coefficient (Wildman–Crippen LogP) is 20.1. The summed E-state index contributed by atoms with van der Waals surface area (Å²) in [7, 11) is 0. The smallest absolute Gasteiger partial charge is 0.281 e. The molecule has 0 unspecified atom stereocenters. The molecule has 28 nitrogen and oxygen atoms in total. The first-order chi connectivity index (χ1) is 62.2. The van der Waals surface area contributed by atoms with Crippen LogP contribution in [-0.4, -0.2) is 87.8 Å². The lowest BCUT2D eigenvalue weighted by molar-refractivity contribution is 0.563. The molecule has 7 aliphatic rings. The van der Waals surface area contributed by atoms with Crippen molar-refractivity contribution in [2.45, 2.75) is 138 Å². The van der Waals surface area contributed by atoms with Crippen LogP contribution in [0.4, 0.5) is 59.2 Å². The van der Waals surface area contributed by atoms with E-state index in [1.807, 2.05) is 109 Å². The lowest BCUT2D eigenvalue weighted by Crippen LogP contribution is -2.31. The number of aryl methyl sites for hydroxylation is 4. The number of hydrogen-bond acceptors (Lipinski definition) is 25. The van der Waals surface area contributed by atoms with E-state index in [0.29, 0.717) is 121 Å². The van der Waals surface area contributed by atoms with Crippen LogP contribution in [0.1, 0.15) is 135 Å². The Morgan fingerprint density at radius 3 is 1.36 bits per heavy atom. The summed E-state index contributed by atoms with van der Waals surface area (Å²) in [5.74, 6) is 3.32. The fourth-order valence-electron chi connectivity index (χ4n) is 18.3. The molecule has 3 aliphatic heterocycles. The molecule has 0 amide bonds. The molecule has 0 bridgehead atoms. The highest BCUT2D eigenvalue weighted by Crippen LogP contribution is 2.54. The molecule has 0 radical (unpaired) electrons. The van der Waals surface area contributed by atoms with Crippen LogP contribution in [0.5, 0.6) is 0 Å². The number of oxazole rings is 4. The number of halogens is 3. The average molecular weight is 1740 g/mol. The Labute approximate surface area is 743 Å². The van der Waals surface area contributed by atoms with E-state index in [-0.39, 0.29) is 47.7 Å². The van der Waals surface area contributed by atoms with Gasteiger partial charge in [0, 0.05) is 131 Å². The third-order valence-corrected chi connectivity index (χ3v) is 25.0. The Balaban J connectivity index is 0.000000105. The molecular weight excluding hydrogens is 1650 g/mol. The van der Waals surface area contributed by atoms with E-state index in [0.717, 1.165) is 174 Å². The maximum atomic E-state index is 15.0. The van der Waals surface area contributed by atoms with Crippen molar-refractivity contribution < 1.29 is 30.8 Å². The van der Waals surface area contributed by atoms with E-state index in [2.05, 4.69) is 104 Å². The minimum atomic E-state index is -0.644. The van der Waals surface area contributed by atoms with Crippen molar-refractivity contribution in [1.82, 2.24) is 69.2 Å². The quantitative estimate of drug-likeness (QED) is 0.0794. The molecule has 0 atom stereocenters. The van der Waals surface area contributed by atoms with Crippen molar-refractivity contribution in [2.24, 2.45) is 0 Å². The average Bonchev–Trinajstić information content (AvgIpc) is 1.50. The minimum Gasteiger partial charge on any atom is -0.443 e. The molecule has 0 spiro atoms. The lowest BCUT2D eigenvalue weighted by atomic mass is 9.91. The second-order valence-electron chi connectivity index (χ2n) is 33.4. The summed E-state index contributed by atoms with van der Waals surface area (Å²) in [4.78, 5) is 66.7. The Bertz CT molecular complexity index is 7460. The highest BCUT2D eigenvalue weighted by molar-refractivity contribution is 6.07. The van der Waals surface area contributed by atoms with Gasteiger partial charge in [-0.3, -0.25) is 9.59 Å². The maximum absolute atomic E-state index is 15.0. The Kier molecular flexibility index (Phi) is 20.8. The van der Waals surface area contributed by atoms with Gasteiger partial charge in [-0.25, -0.2) is 53.0 Å². The van der Waals surface area contributed by atoms with E-state index in [4.69, 9.17) is 46.3 Å². The first-order valence-corrected chi connectivity index (χ1v) is 42.5. The van der Waals surface area contributed by atoms with E-state index in [9.17, 15) is 22.8 Å². The van der Waals surface area contributed by atoms with Gasteiger partial charge in [0.25, 0.3) is 11.1 Å². The van der Waals surface area contributed by atoms with Gasteiger partial charge in [0.05, 0.1) is 56.6 Å². The number of aromatic nitrogens is 14. The summed E-state index contributed by atoms with van der Waals surface area (Å²) < 4.78 is 71.8. The van der Waals surface area contributed by atoms with E-state index in [1.165, 1.54) is 42.9 Å². The molecule has 0 saturated heterocycles. The Hall–Kier alpha value is -15.8. The summed E-state index contributed by atoms with van der Waals surface area (Å²) in [6, 6.07) is 35.6. The molecule has 10 N–H and O–H groups in total. The predicted molar refractivity (Wildman–Crippen MR) is 502 cm³/mol. The lowest BCUT2D eigenvalue weighted by Gasteiger charge is -2.34. The van der Waals surface area contributed by atoms with Gasteiger partial charge < -0.3 is 70.2 Å². The Morgan fingerprint density at radius 2 is 0.877 bits per heavy atom. The van der Waals surface area contributed by atoms with Crippen LogP contribution in [0.2, 0.25) is 0 Å².